The molecular weight excluding hydrogens is 395 g/mol. The summed E-state index contributed by atoms with van der Waals surface area (Å²) >= 11 is 11.9. The molecule has 28 heavy (non-hydrogen) atoms. The second-order valence-electron chi connectivity index (χ2n) is 7.11. The van der Waals surface area contributed by atoms with Crippen molar-refractivity contribution in [3.8, 4) is 5.75 Å². The first-order valence-corrected chi connectivity index (χ1v) is 10.5. The first-order valence-electron chi connectivity index (χ1n) is 9.79. The number of amides is 1. The molecule has 1 saturated heterocycles. The van der Waals surface area contributed by atoms with Crippen LogP contribution in [-0.2, 0) is 11.3 Å². The molecule has 1 aliphatic rings. The Morgan fingerprint density at radius 2 is 1.79 bits per heavy atom. The average molecular weight is 421 g/mol. The molecule has 0 aliphatic carbocycles. The highest BCUT2D eigenvalue weighted by Crippen LogP contribution is 2.27. The van der Waals surface area contributed by atoms with Crippen LogP contribution in [0.4, 0.5) is 5.69 Å². The first kappa shape index (κ1) is 21.0. The Labute approximate surface area is 176 Å². The maximum atomic E-state index is 12.1. The van der Waals surface area contributed by atoms with Crippen LogP contribution in [0.5, 0.6) is 5.75 Å². The Bertz CT molecular complexity index is 775. The standard InChI is InChI=1S/C22H26Cl2N2O2/c23-18-8-11-21(20(24)15-18)28-14-4-5-22(27)25-19-9-6-17(7-10-19)16-26-12-2-1-3-13-26/h6-11,15H,1-5,12-14,16H2,(H,25,27). The molecular formula is C22H26Cl2N2O2. The second-order valence-corrected chi connectivity index (χ2v) is 7.95. The number of anilines is 1. The summed E-state index contributed by atoms with van der Waals surface area (Å²) in [6.07, 6.45) is 4.93. The zero-order valence-corrected chi connectivity index (χ0v) is 17.4. The van der Waals surface area contributed by atoms with Gasteiger partial charge in [-0.1, -0.05) is 41.8 Å². The average Bonchev–Trinajstić information content (AvgIpc) is 2.69. The van der Waals surface area contributed by atoms with E-state index in [1.54, 1.807) is 18.2 Å². The quantitative estimate of drug-likeness (QED) is 0.550. The molecule has 0 saturated carbocycles. The van der Waals surface area contributed by atoms with E-state index in [4.69, 9.17) is 27.9 Å². The van der Waals surface area contributed by atoms with Crippen molar-refractivity contribution in [2.24, 2.45) is 0 Å². The van der Waals surface area contributed by atoms with Crippen LogP contribution in [0.1, 0.15) is 37.7 Å². The minimum atomic E-state index is -0.0189. The van der Waals surface area contributed by atoms with Gasteiger partial charge >= 0.3 is 0 Å². The number of piperidine rings is 1. The van der Waals surface area contributed by atoms with E-state index in [1.807, 2.05) is 12.1 Å². The molecule has 0 aromatic heterocycles. The number of nitrogens with zero attached hydrogens (tertiary/aromatic N) is 1. The van der Waals surface area contributed by atoms with Gasteiger partial charge in [-0.25, -0.2) is 0 Å². The van der Waals surface area contributed by atoms with Crippen LogP contribution in [-0.4, -0.2) is 30.5 Å². The molecule has 0 atom stereocenters. The number of nitrogens with one attached hydrogen (secondary N) is 1. The van der Waals surface area contributed by atoms with E-state index in [9.17, 15) is 4.79 Å². The van der Waals surface area contributed by atoms with Crippen molar-refractivity contribution in [1.29, 1.82) is 0 Å². The third-order valence-electron chi connectivity index (χ3n) is 4.79. The largest absolute Gasteiger partial charge is 0.492 e. The number of carbonyl (C=O) groups excluding carboxylic acids is 1. The van der Waals surface area contributed by atoms with Crippen LogP contribution < -0.4 is 10.1 Å². The van der Waals surface area contributed by atoms with Gasteiger partial charge in [0.2, 0.25) is 5.91 Å². The zero-order valence-electron chi connectivity index (χ0n) is 15.9. The van der Waals surface area contributed by atoms with Crippen LogP contribution >= 0.6 is 23.2 Å². The predicted octanol–water partition coefficient (Wildman–Crippen LogP) is 5.78. The van der Waals surface area contributed by atoms with Gasteiger partial charge in [0.05, 0.1) is 11.6 Å². The third-order valence-corrected chi connectivity index (χ3v) is 5.32. The molecule has 4 nitrogen and oxygen atoms in total. The Kier molecular flexibility index (Phi) is 8.01. The zero-order chi connectivity index (χ0) is 19.8. The molecule has 6 heteroatoms. The molecule has 150 valence electrons. The van der Waals surface area contributed by atoms with Crippen molar-refractivity contribution < 1.29 is 9.53 Å². The first-order chi connectivity index (χ1) is 13.6. The van der Waals surface area contributed by atoms with Crippen LogP contribution in [0.25, 0.3) is 0 Å². The van der Waals surface area contributed by atoms with Gasteiger partial charge in [-0.2, -0.15) is 0 Å². The van der Waals surface area contributed by atoms with Gasteiger partial charge in [0.15, 0.2) is 0 Å². The molecule has 0 radical (unpaired) electrons. The number of ether oxygens (including phenoxy) is 1. The van der Waals surface area contributed by atoms with E-state index in [0.717, 1.165) is 12.2 Å². The fourth-order valence-electron chi connectivity index (χ4n) is 3.30. The number of likely N-dealkylation sites (tertiary alicyclic amines) is 1. The van der Waals surface area contributed by atoms with E-state index >= 15 is 0 Å². The number of halogens is 2. The van der Waals surface area contributed by atoms with Gasteiger partial charge < -0.3 is 10.1 Å². The number of rotatable bonds is 8. The maximum absolute atomic E-state index is 12.1. The van der Waals surface area contributed by atoms with Gasteiger partial charge in [-0.3, -0.25) is 9.69 Å². The Morgan fingerprint density at radius 3 is 2.50 bits per heavy atom. The smallest absolute Gasteiger partial charge is 0.224 e. The fraction of sp³-hybridized carbons (Fsp3) is 0.409. The van der Waals surface area contributed by atoms with Crippen molar-refractivity contribution in [2.45, 2.75) is 38.6 Å². The summed E-state index contributed by atoms with van der Waals surface area (Å²) in [5, 5.41) is 3.98. The van der Waals surface area contributed by atoms with Crippen LogP contribution in [0.2, 0.25) is 10.0 Å². The normalized spacial score (nSPS) is 14.6. The molecule has 1 fully saturated rings. The number of hydrogen-bond acceptors (Lipinski definition) is 3. The second kappa shape index (κ2) is 10.7. The lowest BCUT2D eigenvalue weighted by Gasteiger charge is -2.26. The molecule has 0 bridgehead atoms. The minimum Gasteiger partial charge on any atom is -0.492 e. The lowest BCUT2D eigenvalue weighted by molar-refractivity contribution is -0.116. The van der Waals surface area contributed by atoms with E-state index in [1.165, 1.54) is 37.9 Å². The van der Waals surface area contributed by atoms with E-state index in [2.05, 4.69) is 22.3 Å². The Balaban J connectivity index is 1.37. The molecule has 1 heterocycles. The Hall–Kier alpha value is -1.75. The minimum absolute atomic E-state index is 0.0189. The highest BCUT2D eigenvalue weighted by Gasteiger charge is 2.10. The number of carbonyl (C=O) groups is 1. The highest BCUT2D eigenvalue weighted by atomic mass is 35.5. The lowest BCUT2D eigenvalue weighted by Crippen LogP contribution is -2.29. The lowest BCUT2D eigenvalue weighted by atomic mass is 10.1. The topological polar surface area (TPSA) is 41.6 Å². The van der Waals surface area contributed by atoms with E-state index < -0.39 is 0 Å². The molecule has 0 spiro atoms. The van der Waals surface area contributed by atoms with Crippen molar-refractivity contribution in [1.82, 2.24) is 4.90 Å². The molecule has 3 rings (SSSR count). The molecule has 1 aliphatic heterocycles. The molecule has 2 aromatic carbocycles. The van der Waals surface area contributed by atoms with Gasteiger partial charge in [0, 0.05) is 23.7 Å². The van der Waals surface area contributed by atoms with Crippen molar-refractivity contribution in [2.75, 3.05) is 25.0 Å². The van der Waals surface area contributed by atoms with Gasteiger partial charge in [-0.05, 0) is 68.2 Å². The SMILES string of the molecule is O=C(CCCOc1ccc(Cl)cc1Cl)Nc1ccc(CN2CCCCC2)cc1. The van der Waals surface area contributed by atoms with Crippen LogP contribution in [0.3, 0.4) is 0 Å². The summed E-state index contributed by atoms with van der Waals surface area (Å²) < 4.78 is 5.61. The monoisotopic (exact) mass is 420 g/mol. The van der Waals surface area contributed by atoms with Gasteiger partial charge in [0.1, 0.15) is 5.75 Å². The van der Waals surface area contributed by atoms with Gasteiger partial charge in [0.25, 0.3) is 0 Å². The van der Waals surface area contributed by atoms with Gasteiger partial charge in [-0.15, -0.1) is 0 Å². The summed E-state index contributed by atoms with van der Waals surface area (Å²) in [5.41, 5.74) is 2.11. The highest BCUT2D eigenvalue weighted by molar-refractivity contribution is 6.35. The summed E-state index contributed by atoms with van der Waals surface area (Å²) in [7, 11) is 0. The molecule has 1 N–H and O–H groups in total. The predicted molar refractivity (Wildman–Crippen MR) is 115 cm³/mol. The molecule has 1 amide bonds. The van der Waals surface area contributed by atoms with E-state index in [-0.39, 0.29) is 5.91 Å². The summed E-state index contributed by atoms with van der Waals surface area (Å²) in [6, 6.07) is 13.2. The van der Waals surface area contributed by atoms with Crippen molar-refractivity contribution >= 4 is 34.8 Å². The number of benzene rings is 2. The fourth-order valence-corrected chi connectivity index (χ4v) is 3.76. The molecule has 0 unspecified atom stereocenters. The van der Waals surface area contributed by atoms with Crippen LogP contribution in [0, 0.1) is 0 Å². The molecule has 2 aromatic rings. The third kappa shape index (κ3) is 6.69. The maximum Gasteiger partial charge on any atom is 0.224 e. The summed E-state index contributed by atoms with van der Waals surface area (Å²) in [4.78, 5) is 14.6. The van der Waals surface area contributed by atoms with E-state index in [0.29, 0.717) is 35.2 Å². The van der Waals surface area contributed by atoms with Crippen molar-refractivity contribution in [3.05, 3.63) is 58.1 Å². The van der Waals surface area contributed by atoms with Crippen molar-refractivity contribution in [3.63, 3.8) is 0 Å². The number of hydrogen-bond donors (Lipinski definition) is 1. The summed E-state index contributed by atoms with van der Waals surface area (Å²) in [6.45, 7) is 3.77. The summed E-state index contributed by atoms with van der Waals surface area (Å²) in [5.74, 6) is 0.561. The van der Waals surface area contributed by atoms with Crippen LogP contribution in [0.15, 0.2) is 42.5 Å². The Morgan fingerprint density at radius 1 is 1.04 bits per heavy atom.